The molecule has 1 heteroatoms. The Morgan fingerprint density at radius 3 is 2.56 bits per heavy atom. The lowest BCUT2D eigenvalue weighted by molar-refractivity contribution is 0.650. The number of rotatable bonds is 2. The van der Waals surface area contributed by atoms with Crippen molar-refractivity contribution in [3.63, 3.8) is 0 Å². The third-order valence-electron chi connectivity index (χ3n) is 3.28. The quantitative estimate of drug-likeness (QED) is 0.592. The lowest BCUT2D eigenvalue weighted by atomic mass is 9.98. The van der Waals surface area contributed by atoms with Crippen molar-refractivity contribution in [1.82, 2.24) is 4.98 Å². The van der Waals surface area contributed by atoms with Crippen molar-refractivity contribution in [2.24, 2.45) is 5.92 Å². The lowest BCUT2D eigenvalue weighted by Gasteiger charge is -2.09. The molecule has 0 amide bonds. The summed E-state index contributed by atoms with van der Waals surface area (Å²) in [4.78, 5) is 4.75. The summed E-state index contributed by atoms with van der Waals surface area (Å²) in [6, 6.07) is 17.0. The highest BCUT2D eigenvalue weighted by Gasteiger charge is 2.05. The molecule has 2 aromatic carbocycles. The Bertz CT molecular complexity index is 698. The number of nitrogens with zero attached hydrogens (tertiary/aromatic N) is 1. The molecule has 3 rings (SSSR count). The van der Waals surface area contributed by atoms with Gasteiger partial charge in [-0.2, -0.15) is 0 Å². The van der Waals surface area contributed by atoms with E-state index in [1.165, 1.54) is 16.3 Å². The Kier molecular flexibility index (Phi) is 2.75. The fourth-order valence-corrected chi connectivity index (χ4v) is 2.48. The Morgan fingerprint density at radius 2 is 1.72 bits per heavy atom. The van der Waals surface area contributed by atoms with Crippen LogP contribution in [0, 0.1) is 5.92 Å². The number of aromatic nitrogens is 1. The Hall–Kier alpha value is -1.89. The predicted octanol–water partition coefficient (Wildman–Crippen LogP) is 4.59. The van der Waals surface area contributed by atoms with Gasteiger partial charge < -0.3 is 0 Å². The van der Waals surface area contributed by atoms with Crippen LogP contribution in [0.1, 0.15) is 19.4 Å². The van der Waals surface area contributed by atoms with Crippen molar-refractivity contribution in [3.8, 4) is 0 Å². The van der Waals surface area contributed by atoms with E-state index in [0.29, 0.717) is 5.92 Å². The largest absolute Gasteiger partial charge is 0.248 e. The van der Waals surface area contributed by atoms with E-state index in [-0.39, 0.29) is 0 Å². The number of hydrogen-bond acceptors (Lipinski definition) is 1. The van der Waals surface area contributed by atoms with Crippen LogP contribution in [-0.4, -0.2) is 4.98 Å². The average molecular weight is 235 g/mol. The minimum atomic E-state index is 0.669. The van der Waals surface area contributed by atoms with Gasteiger partial charge in [-0.15, -0.1) is 0 Å². The zero-order valence-electron chi connectivity index (χ0n) is 10.9. The molecule has 0 saturated carbocycles. The van der Waals surface area contributed by atoms with Crippen LogP contribution in [-0.2, 0) is 6.42 Å². The summed E-state index contributed by atoms with van der Waals surface area (Å²) in [6.07, 6.45) is 1.11. The maximum atomic E-state index is 4.75. The second-order valence-electron chi connectivity index (χ2n) is 5.26. The van der Waals surface area contributed by atoms with Gasteiger partial charge >= 0.3 is 0 Å². The summed E-state index contributed by atoms with van der Waals surface area (Å²) < 4.78 is 0. The average Bonchev–Trinajstić information content (AvgIpc) is 2.36. The molecule has 1 heterocycles. The SMILES string of the molecule is CC(C)Cc1cccc2nc3ccccc3cc12. The highest BCUT2D eigenvalue weighted by atomic mass is 14.7. The summed E-state index contributed by atoms with van der Waals surface area (Å²) in [5.74, 6) is 0.669. The van der Waals surface area contributed by atoms with Crippen LogP contribution in [0.25, 0.3) is 21.8 Å². The van der Waals surface area contributed by atoms with E-state index in [0.717, 1.165) is 17.5 Å². The highest BCUT2D eigenvalue weighted by Crippen LogP contribution is 2.24. The van der Waals surface area contributed by atoms with Gasteiger partial charge in [-0.05, 0) is 36.1 Å². The zero-order valence-corrected chi connectivity index (χ0v) is 10.9. The summed E-state index contributed by atoms with van der Waals surface area (Å²) in [7, 11) is 0. The molecule has 0 spiro atoms. The van der Waals surface area contributed by atoms with E-state index in [2.05, 4.69) is 56.3 Å². The monoisotopic (exact) mass is 235 g/mol. The first-order chi connectivity index (χ1) is 8.74. The Balaban J connectivity index is 2.29. The van der Waals surface area contributed by atoms with Gasteiger partial charge in [0.1, 0.15) is 0 Å². The van der Waals surface area contributed by atoms with Gasteiger partial charge in [0.15, 0.2) is 0 Å². The van der Waals surface area contributed by atoms with E-state index in [4.69, 9.17) is 4.98 Å². The molecule has 0 atom stereocenters. The molecule has 0 aliphatic carbocycles. The highest BCUT2D eigenvalue weighted by molar-refractivity contribution is 5.94. The number of pyridine rings is 1. The van der Waals surface area contributed by atoms with Crippen LogP contribution in [0.2, 0.25) is 0 Å². The van der Waals surface area contributed by atoms with Crippen molar-refractivity contribution < 1.29 is 0 Å². The fraction of sp³-hybridized carbons (Fsp3) is 0.235. The summed E-state index contributed by atoms with van der Waals surface area (Å²) in [5, 5.41) is 2.52. The van der Waals surface area contributed by atoms with Crippen LogP contribution < -0.4 is 0 Å². The Morgan fingerprint density at radius 1 is 0.944 bits per heavy atom. The molecule has 1 nitrogen and oxygen atoms in total. The third-order valence-corrected chi connectivity index (χ3v) is 3.28. The van der Waals surface area contributed by atoms with E-state index in [1.807, 2.05) is 6.07 Å². The molecule has 18 heavy (non-hydrogen) atoms. The molecule has 0 aliphatic heterocycles. The van der Waals surface area contributed by atoms with E-state index < -0.39 is 0 Å². The van der Waals surface area contributed by atoms with Gasteiger partial charge in [0, 0.05) is 10.8 Å². The van der Waals surface area contributed by atoms with Crippen molar-refractivity contribution in [2.45, 2.75) is 20.3 Å². The minimum Gasteiger partial charge on any atom is -0.248 e. The molecule has 90 valence electrons. The van der Waals surface area contributed by atoms with Gasteiger partial charge in [-0.1, -0.05) is 44.2 Å². The molecule has 1 aromatic heterocycles. The van der Waals surface area contributed by atoms with Gasteiger partial charge in [0.2, 0.25) is 0 Å². The van der Waals surface area contributed by atoms with Crippen LogP contribution in [0.4, 0.5) is 0 Å². The van der Waals surface area contributed by atoms with Gasteiger partial charge in [0.05, 0.1) is 11.0 Å². The third kappa shape index (κ3) is 1.97. The maximum Gasteiger partial charge on any atom is 0.0712 e. The molecule has 0 radical (unpaired) electrons. The van der Waals surface area contributed by atoms with E-state index in [9.17, 15) is 0 Å². The number of benzene rings is 2. The predicted molar refractivity (Wildman–Crippen MR) is 77.8 cm³/mol. The summed E-state index contributed by atoms with van der Waals surface area (Å²) >= 11 is 0. The standard InChI is InChI=1S/C17H17N/c1-12(2)10-13-7-5-9-17-15(13)11-14-6-3-4-8-16(14)18-17/h3-9,11-12H,10H2,1-2H3. The van der Waals surface area contributed by atoms with Crippen LogP contribution in [0.3, 0.4) is 0 Å². The van der Waals surface area contributed by atoms with E-state index >= 15 is 0 Å². The van der Waals surface area contributed by atoms with Gasteiger partial charge in [0.25, 0.3) is 0 Å². The second kappa shape index (κ2) is 4.41. The molecular weight excluding hydrogens is 218 g/mol. The smallest absolute Gasteiger partial charge is 0.0712 e. The number of fused-ring (bicyclic) bond motifs is 2. The first-order valence-corrected chi connectivity index (χ1v) is 6.51. The number of hydrogen-bond donors (Lipinski definition) is 0. The van der Waals surface area contributed by atoms with Crippen molar-refractivity contribution in [3.05, 3.63) is 54.1 Å². The molecule has 3 aromatic rings. The fourth-order valence-electron chi connectivity index (χ4n) is 2.48. The minimum absolute atomic E-state index is 0.669. The van der Waals surface area contributed by atoms with E-state index in [1.54, 1.807) is 0 Å². The molecule has 0 bridgehead atoms. The molecule has 0 unspecified atom stereocenters. The first kappa shape index (κ1) is 11.2. The molecular formula is C17H17N. The topological polar surface area (TPSA) is 12.9 Å². The number of para-hydroxylation sites is 1. The maximum absolute atomic E-state index is 4.75. The summed E-state index contributed by atoms with van der Waals surface area (Å²) in [5.41, 5.74) is 3.58. The van der Waals surface area contributed by atoms with Gasteiger partial charge in [-0.3, -0.25) is 0 Å². The van der Waals surface area contributed by atoms with Crippen molar-refractivity contribution >= 4 is 21.8 Å². The van der Waals surface area contributed by atoms with Crippen molar-refractivity contribution in [1.29, 1.82) is 0 Å². The van der Waals surface area contributed by atoms with Crippen LogP contribution in [0.5, 0.6) is 0 Å². The second-order valence-corrected chi connectivity index (χ2v) is 5.26. The van der Waals surface area contributed by atoms with Crippen LogP contribution >= 0.6 is 0 Å². The summed E-state index contributed by atoms with van der Waals surface area (Å²) in [6.45, 7) is 4.51. The molecule has 0 fully saturated rings. The zero-order chi connectivity index (χ0) is 12.5. The molecule has 0 saturated heterocycles. The van der Waals surface area contributed by atoms with Crippen LogP contribution in [0.15, 0.2) is 48.5 Å². The first-order valence-electron chi connectivity index (χ1n) is 6.51. The molecule has 0 N–H and O–H groups in total. The van der Waals surface area contributed by atoms with Gasteiger partial charge in [-0.25, -0.2) is 4.98 Å². The van der Waals surface area contributed by atoms with Crippen molar-refractivity contribution in [2.75, 3.05) is 0 Å². The lowest BCUT2D eigenvalue weighted by Crippen LogP contribution is -1.95. The molecule has 0 aliphatic rings. The normalized spacial score (nSPS) is 11.5. The Labute approximate surface area is 107 Å².